The van der Waals surface area contributed by atoms with Gasteiger partial charge in [0.25, 0.3) is 0 Å². The largest absolute Gasteiger partial charge is 0.508 e. The molecular weight excluding hydrogens is 436 g/mol. The fraction of sp³-hybridized carbons (Fsp3) is 0.194. The molecule has 0 bridgehead atoms. The van der Waals surface area contributed by atoms with E-state index in [1.807, 2.05) is 66.7 Å². The first-order valence-electron chi connectivity index (χ1n) is 12.0. The van der Waals surface area contributed by atoms with Crippen LogP contribution in [0.3, 0.4) is 0 Å². The Kier molecular flexibility index (Phi) is 6.64. The highest BCUT2D eigenvalue weighted by molar-refractivity contribution is 5.78. The molecule has 1 heterocycles. The maximum Gasteiger partial charge on any atom is 0.315 e. The van der Waals surface area contributed by atoms with E-state index in [2.05, 4.69) is 36.4 Å². The molecule has 1 aliphatic heterocycles. The van der Waals surface area contributed by atoms with Crippen LogP contribution in [0.4, 0.5) is 0 Å². The highest BCUT2D eigenvalue weighted by atomic mass is 16.6. The van der Waals surface area contributed by atoms with E-state index in [9.17, 15) is 9.90 Å². The number of hydrogen-bond acceptors (Lipinski definition) is 4. The summed E-state index contributed by atoms with van der Waals surface area (Å²) < 4.78 is 12.3. The molecular formula is C31H28O4. The van der Waals surface area contributed by atoms with Crippen LogP contribution >= 0.6 is 0 Å². The monoisotopic (exact) mass is 464 g/mol. The molecule has 0 aromatic heterocycles. The van der Waals surface area contributed by atoms with E-state index in [0.717, 1.165) is 22.3 Å². The minimum absolute atomic E-state index is 0.218. The van der Waals surface area contributed by atoms with Gasteiger partial charge in [0, 0.05) is 0 Å². The standard InChI is InChI=1S/C31H28O4/c32-27-18-10-11-23(21-27)19-20-29-28(30(33)35-29)22-34-31(24-12-4-1-5-13-24,25-14-6-2-7-15-25)26-16-8-3-9-17-26/h1-18,21,28-29,32H,19-20,22H2/t28-,29-/m0/s1. The number of ether oxygens (including phenoxy) is 2. The number of cyclic esters (lactones) is 1. The van der Waals surface area contributed by atoms with Gasteiger partial charge >= 0.3 is 5.97 Å². The van der Waals surface area contributed by atoms with Gasteiger partial charge in [0.05, 0.1) is 6.61 Å². The molecule has 1 fully saturated rings. The normalized spacial score (nSPS) is 17.4. The third kappa shape index (κ3) is 4.71. The zero-order valence-corrected chi connectivity index (χ0v) is 19.4. The topological polar surface area (TPSA) is 55.8 Å². The van der Waals surface area contributed by atoms with E-state index in [4.69, 9.17) is 9.47 Å². The first-order chi connectivity index (χ1) is 17.2. The molecule has 1 N–H and O–H groups in total. The van der Waals surface area contributed by atoms with E-state index >= 15 is 0 Å². The van der Waals surface area contributed by atoms with E-state index in [1.165, 1.54) is 0 Å². The number of aromatic hydroxyl groups is 1. The molecule has 1 saturated heterocycles. The Labute approximate surface area is 205 Å². The summed E-state index contributed by atoms with van der Waals surface area (Å²) in [5.41, 5.74) is 3.15. The van der Waals surface area contributed by atoms with Gasteiger partial charge in [0.15, 0.2) is 0 Å². The van der Waals surface area contributed by atoms with Crippen molar-refractivity contribution in [2.75, 3.05) is 6.61 Å². The van der Waals surface area contributed by atoms with E-state index in [1.54, 1.807) is 12.1 Å². The van der Waals surface area contributed by atoms with Crippen LogP contribution in [0.5, 0.6) is 5.75 Å². The number of phenols is 1. The molecule has 5 rings (SSSR count). The van der Waals surface area contributed by atoms with Crippen molar-refractivity contribution >= 4 is 5.97 Å². The maximum absolute atomic E-state index is 12.5. The third-order valence-electron chi connectivity index (χ3n) is 6.67. The van der Waals surface area contributed by atoms with Crippen molar-refractivity contribution in [3.63, 3.8) is 0 Å². The number of carbonyl (C=O) groups excluding carboxylic acids is 1. The quantitative estimate of drug-likeness (QED) is 0.248. The number of rotatable bonds is 9. The zero-order valence-electron chi connectivity index (χ0n) is 19.4. The first kappa shape index (κ1) is 22.9. The number of esters is 1. The van der Waals surface area contributed by atoms with Gasteiger partial charge in [-0.15, -0.1) is 0 Å². The Morgan fingerprint density at radius 1 is 0.743 bits per heavy atom. The fourth-order valence-corrected chi connectivity index (χ4v) is 4.84. The lowest BCUT2D eigenvalue weighted by Crippen LogP contribution is -2.49. The van der Waals surface area contributed by atoms with Crippen molar-refractivity contribution in [3.05, 3.63) is 138 Å². The summed E-state index contributed by atoms with van der Waals surface area (Å²) >= 11 is 0. The van der Waals surface area contributed by atoms with Crippen LogP contribution in [0.15, 0.2) is 115 Å². The molecule has 2 atom stereocenters. The van der Waals surface area contributed by atoms with Crippen LogP contribution < -0.4 is 0 Å². The number of phenolic OH excluding ortho intramolecular Hbond substituents is 1. The Hall–Kier alpha value is -3.89. The van der Waals surface area contributed by atoms with Crippen molar-refractivity contribution < 1.29 is 19.4 Å². The molecule has 0 amide bonds. The Morgan fingerprint density at radius 2 is 1.29 bits per heavy atom. The Morgan fingerprint density at radius 3 is 1.77 bits per heavy atom. The molecule has 4 aromatic rings. The highest BCUT2D eigenvalue weighted by Gasteiger charge is 2.45. The number of carbonyl (C=O) groups is 1. The lowest BCUT2D eigenvalue weighted by molar-refractivity contribution is -0.194. The average Bonchev–Trinajstić information content (AvgIpc) is 2.90. The van der Waals surface area contributed by atoms with Gasteiger partial charge in [0.1, 0.15) is 23.4 Å². The molecule has 4 nitrogen and oxygen atoms in total. The summed E-state index contributed by atoms with van der Waals surface area (Å²) in [4.78, 5) is 12.5. The molecule has 0 spiro atoms. The smallest absolute Gasteiger partial charge is 0.315 e. The number of aryl methyl sites for hydroxylation is 1. The SMILES string of the molecule is O=C1O[C@@H](CCc2cccc(O)c2)[C@@H]1COC(c1ccccc1)(c1ccccc1)c1ccccc1. The molecule has 35 heavy (non-hydrogen) atoms. The van der Waals surface area contributed by atoms with Gasteiger partial charge in [0.2, 0.25) is 0 Å². The minimum atomic E-state index is -0.866. The molecule has 0 aliphatic carbocycles. The highest BCUT2D eigenvalue weighted by Crippen LogP contribution is 2.42. The van der Waals surface area contributed by atoms with Gasteiger partial charge < -0.3 is 14.6 Å². The molecule has 4 heteroatoms. The average molecular weight is 465 g/mol. The predicted molar refractivity (Wildman–Crippen MR) is 135 cm³/mol. The van der Waals surface area contributed by atoms with Crippen LogP contribution in [-0.2, 0) is 26.3 Å². The van der Waals surface area contributed by atoms with Gasteiger partial charge in [-0.05, 0) is 47.2 Å². The summed E-state index contributed by atoms with van der Waals surface area (Å²) in [7, 11) is 0. The van der Waals surface area contributed by atoms with Gasteiger partial charge in [-0.25, -0.2) is 0 Å². The fourth-order valence-electron chi connectivity index (χ4n) is 4.84. The Balaban J connectivity index is 1.43. The van der Waals surface area contributed by atoms with Gasteiger partial charge in [-0.1, -0.05) is 103 Å². The molecule has 0 unspecified atom stereocenters. The summed E-state index contributed by atoms with van der Waals surface area (Å²) in [6.45, 7) is 0.238. The zero-order chi connectivity index (χ0) is 24.1. The molecule has 0 radical (unpaired) electrons. The second kappa shape index (κ2) is 10.2. The van der Waals surface area contributed by atoms with Crippen molar-refractivity contribution in [1.82, 2.24) is 0 Å². The predicted octanol–water partition coefficient (Wildman–Crippen LogP) is 5.88. The Bertz CT molecular complexity index is 1160. The van der Waals surface area contributed by atoms with Crippen LogP contribution in [-0.4, -0.2) is 23.8 Å². The molecule has 1 aliphatic rings. The maximum atomic E-state index is 12.5. The summed E-state index contributed by atoms with van der Waals surface area (Å²) in [6, 6.07) is 37.6. The number of hydrogen-bond donors (Lipinski definition) is 1. The summed E-state index contributed by atoms with van der Waals surface area (Å²) in [5.74, 6) is -0.330. The molecule has 0 saturated carbocycles. The number of benzene rings is 4. The summed E-state index contributed by atoms with van der Waals surface area (Å²) in [5, 5.41) is 9.74. The first-order valence-corrected chi connectivity index (χ1v) is 12.0. The lowest BCUT2D eigenvalue weighted by Gasteiger charge is -2.40. The van der Waals surface area contributed by atoms with Gasteiger partial charge in [-0.2, -0.15) is 0 Å². The van der Waals surface area contributed by atoms with E-state index < -0.39 is 5.60 Å². The second-order valence-corrected chi connectivity index (χ2v) is 8.88. The van der Waals surface area contributed by atoms with Crippen LogP contribution in [0.1, 0.15) is 28.7 Å². The van der Waals surface area contributed by atoms with Crippen LogP contribution in [0.2, 0.25) is 0 Å². The second-order valence-electron chi connectivity index (χ2n) is 8.88. The van der Waals surface area contributed by atoms with E-state index in [-0.39, 0.29) is 30.3 Å². The van der Waals surface area contributed by atoms with Crippen molar-refractivity contribution in [2.24, 2.45) is 5.92 Å². The summed E-state index contributed by atoms with van der Waals surface area (Å²) in [6.07, 6.45) is 1.17. The van der Waals surface area contributed by atoms with Gasteiger partial charge in [-0.3, -0.25) is 4.79 Å². The lowest BCUT2D eigenvalue weighted by atomic mass is 9.79. The van der Waals surface area contributed by atoms with Crippen LogP contribution in [0.25, 0.3) is 0 Å². The molecule has 176 valence electrons. The third-order valence-corrected chi connectivity index (χ3v) is 6.67. The van der Waals surface area contributed by atoms with Crippen molar-refractivity contribution in [3.8, 4) is 5.75 Å². The van der Waals surface area contributed by atoms with Crippen LogP contribution in [0, 0.1) is 5.92 Å². The van der Waals surface area contributed by atoms with E-state index in [0.29, 0.717) is 12.8 Å². The minimum Gasteiger partial charge on any atom is -0.508 e. The van der Waals surface area contributed by atoms with Crippen molar-refractivity contribution in [1.29, 1.82) is 0 Å². The molecule has 4 aromatic carbocycles. The van der Waals surface area contributed by atoms with Crippen molar-refractivity contribution in [2.45, 2.75) is 24.5 Å².